The summed E-state index contributed by atoms with van der Waals surface area (Å²) in [5, 5.41) is 3.29. The molecule has 0 aromatic heterocycles. The zero-order chi connectivity index (χ0) is 20.3. The molecule has 0 spiro atoms. The summed E-state index contributed by atoms with van der Waals surface area (Å²) in [6.45, 7) is 5.69. The molecule has 0 atom stereocenters. The Balaban J connectivity index is 1.62. The number of sulfonamides is 1. The minimum Gasteiger partial charge on any atom is -0.346 e. The zero-order valence-corrected chi connectivity index (χ0v) is 17.6. The van der Waals surface area contributed by atoms with E-state index in [1.54, 1.807) is 30.3 Å². The summed E-state index contributed by atoms with van der Waals surface area (Å²) < 4.78 is 41.0. The van der Waals surface area contributed by atoms with Crippen molar-refractivity contribution in [1.82, 2.24) is 9.21 Å². The summed E-state index contributed by atoms with van der Waals surface area (Å²) >= 11 is 5.36. The van der Waals surface area contributed by atoms with E-state index in [2.05, 4.69) is 19.2 Å². The van der Waals surface area contributed by atoms with Crippen molar-refractivity contribution in [3.8, 4) is 0 Å². The molecule has 0 aliphatic carbocycles. The van der Waals surface area contributed by atoms with Crippen LogP contribution in [0.15, 0.2) is 53.4 Å². The van der Waals surface area contributed by atoms with Crippen molar-refractivity contribution >= 4 is 33.0 Å². The highest BCUT2D eigenvalue weighted by Gasteiger charge is 2.29. The van der Waals surface area contributed by atoms with Gasteiger partial charge in [0.25, 0.3) is 0 Å². The SMILES string of the molecule is CC(C)c1ccc(S(=O)(=O)N2CCN(C(=S)Nc3ccccc3F)CC2)cc1. The van der Waals surface area contributed by atoms with Gasteiger partial charge in [-0.25, -0.2) is 12.8 Å². The number of anilines is 1. The van der Waals surface area contributed by atoms with Gasteiger partial charge in [-0.2, -0.15) is 4.31 Å². The Hall–Kier alpha value is -2.03. The van der Waals surface area contributed by atoms with Gasteiger partial charge >= 0.3 is 0 Å². The summed E-state index contributed by atoms with van der Waals surface area (Å²) in [6, 6.07) is 13.4. The number of rotatable bonds is 4. The molecule has 3 rings (SSSR count). The molecule has 150 valence electrons. The largest absolute Gasteiger partial charge is 0.346 e. The molecule has 0 bridgehead atoms. The average Bonchev–Trinajstić information content (AvgIpc) is 2.70. The molecule has 2 aromatic rings. The van der Waals surface area contributed by atoms with Gasteiger partial charge < -0.3 is 10.2 Å². The normalized spacial score (nSPS) is 15.6. The van der Waals surface area contributed by atoms with E-state index < -0.39 is 10.0 Å². The van der Waals surface area contributed by atoms with Gasteiger partial charge in [0.2, 0.25) is 10.0 Å². The third-order valence-corrected chi connectivity index (χ3v) is 7.10. The lowest BCUT2D eigenvalue weighted by atomic mass is 10.0. The monoisotopic (exact) mass is 421 g/mol. The molecule has 5 nitrogen and oxygen atoms in total. The number of para-hydroxylation sites is 1. The molecule has 28 heavy (non-hydrogen) atoms. The van der Waals surface area contributed by atoms with E-state index in [-0.39, 0.29) is 5.82 Å². The van der Waals surface area contributed by atoms with Crippen molar-refractivity contribution in [3.05, 3.63) is 59.9 Å². The molecule has 0 radical (unpaired) electrons. The third kappa shape index (κ3) is 4.51. The van der Waals surface area contributed by atoms with E-state index in [9.17, 15) is 12.8 Å². The fraction of sp³-hybridized carbons (Fsp3) is 0.350. The van der Waals surface area contributed by atoms with Crippen LogP contribution in [0.4, 0.5) is 10.1 Å². The van der Waals surface area contributed by atoms with Gasteiger partial charge in [0.15, 0.2) is 5.11 Å². The van der Waals surface area contributed by atoms with Crippen molar-refractivity contribution in [2.75, 3.05) is 31.5 Å². The number of halogens is 1. The Morgan fingerprint density at radius 3 is 2.21 bits per heavy atom. The van der Waals surface area contributed by atoms with Crippen LogP contribution in [0.2, 0.25) is 0 Å². The highest BCUT2D eigenvalue weighted by atomic mass is 32.2. The summed E-state index contributed by atoms with van der Waals surface area (Å²) in [5.74, 6) is -0.0285. The molecule has 0 unspecified atom stereocenters. The van der Waals surface area contributed by atoms with Gasteiger partial charge in [0, 0.05) is 26.2 Å². The molecule has 1 N–H and O–H groups in total. The van der Waals surface area contributed by atoms with Crippen molar-refractivity contribution in [2.45, 2.75) is 24.7 Å². The molecule has 1 saturated heterocycles. The highest BCUT2D eigenvalue weighted by Crippen LogP contribution is 2.22. The van der Waals surface area contributed by atoms with Gasteiger partial charge in [0.05, 0.1) is 10.6 Å². The average molecular weight is 422 g/mol. The quantitative estimate of drug-likeness (QED) is 0.764. The Morgan fingerprint density at radius 2 is 1.64 bits per heavy atom. The Morgan fingerprint density at radius 1 is 1.04 bits per heavy atom. The first-order valence-corrected chi connectivity index (χ1v) is 11.0. The van der Waals surface area contributed by atoms with Crippen LogP contribution >= 0.6 is 12.2 Å². The maximum Gasteiger partial charge on any atom is 0.243 e. The summed E-state index contributed by atoms with van der Waals surface area (Å²) in [7, 11) is -3.54. The summed E-state index contributed by atoms with van der Waals surface area (Å²) in [6.07, 6.45) is 0. The minimum atomic E-state index is -3.54. The van der Waals surface area contributed by atoms with Gasteiger partial charge in [-0.05, 0) is 48.0 Å². The standard InChI is InChI=1S/C20H24FN3O2S2/c1-15(2)16-7-9-17(10-8-16)28(25,26)24-13-11-23(12-14-24)20(27)22-19-6-4-3-5-18(19)21/h3-10,15H,11-14H2,1-2H3,(H,22,27). The topological polar surface area (TPSA) is 52.7 Å². The molecule has 0 amide bonds. The summed E-state index contributed by atoms with van der Waals surface area (Å²) in [5.41, 5.74) is 1.42. The zero-order valence-electron chi connectivity index (χ0n) is 15.9. The van der Waals surface area contributed by atoms with Crippen LogP contribution in [0.1, 0.15) is 25.3 Å². The van der Waals surface area contributed by atoms with E-state index in [0.29, 0.717) is 47.8 Å². The Labute approximate surface area is 171 Å². The molecule has 1 fully saturated rings. The predicted octanol–water partition coefficient (Wildman–Crippen LogP) is 3.65. The van der Waals surface area contributed by atoms with E-state index in [4.69, 9.17) is 12.2 Å². The molecule has 1 aliphatic heterocycles. The second kappa shape index (κ2) is 8.55. The second-order valence-electron chi connectivity index (χ2n) is 7.02. The van der Waals surface area contributed by atoms with Crippen molar-refractivity contribution in [1.29, 1.82) is 0 Å². The number of nitrogens with zero attached hydrogens (tertiary/aromatic N) is 2. The molecule has 2 aromatic carbocycles. The van der Waals surface area contributed by atoms with Gasteiger partial charge in [-0.15, -0.1) is 0 Å². The van der Waals surface area contributed by atoms with Crippen LogP contribution in [0, 0.1) is 5.82 Å². The molecule has 0 saturated carbocycles. The van der Waals surface area contributed by atoms with Crippen LogP contribution in [0.5, 0.6) is 0 Å². The fourth-order valence-electron chi connectivity index (χ4n) is 3.06. The lowest BCUT2D eigenvalue weighted by Gasteiger charge is -2.35. The van der Waals surface area contributed by atoms with E-state index >= 15 is 0 Å². The maximum absolute atomic E-state index is 13.8. The summed E-state index contributed by atoms with van der Waals surface area (Å²) in [4.78, 5) is 2.16. The predicted molar refractivity (Wildman–Crippen MR) is 113 cm³/mol. The van der Waals surface area contributed by atoms with Crippen LogP contribution in [-0.2, 0) is 10.0 Å². The van der Waals surface area contributed by atoms with Crippen LogP contribution in [0.3, 0.4) is 0 Å². The lowest BCUT2D eigenvalue weighted by molar-refractivity contribution is 0.268. The smallest absolute Gasteiger partial charge is 0.243 e. The van der Waals surface area contributed by atoms with Crippen molar-refractivity contribution in [3.63, 3.8) is 0 Å². The number of nitrogens with one attached hydrogen (secondary N) is 1. The van der Waals surface area contributed by atoms with Crippen LogP contribution in [-0.4, -0.2) is 48.9 Å². The molecule has 1 heterocycles. The van der Waals surface area contributed by atoms with E-state index in [0.717, 1.165) is 5.56 Å². The van der Waals surface area contributed by atoms with Gasteiger partial charge in [-0.1, -0.05) is 38.1 Å². The first kappa shape index (κ1) is 20.7. The van der Waals surface area contributed by atoms with E-state index in [1.165, 1.54) is 10.4 Å². The number of hydrogen-bond donors (Lipinski definition) is 1. The Bertz CT molecular complexity index is 938. The van der Waals surface area contributed by atoms with Crippen molar-refractivity contribution < 1.29 is 12.8 Å². The minimum absolute atomic E-state index is 0.303. The number of benzene rings is 2. The number of piperazine rings is 1. The van der Waals surface area contributed by atoms with Crippen LogP contribution < -0.4 is 5.32 Å². The molecule has 8 heteroatoms. The van der Waals surface area contributed by atoms with Crippen LogP contribution in [0.25, 0.3) is 0 Å². The first-order chi connectivity index (χ1) is 13.3. The Kier molecular flexibility index (Phi) is 6.32. The van der Waals surface area contributed by atoms with Gasteiger partial charge in [-0.3, -0.25) is 0 Å². The fourth-order valence-corrected chi connectivity index (χ4v) is 4.78. The lowest BCUT2D eigenvalue weighted by Crippen LogP contribution is -2.51. The van der Waals surface area contributed by atoms with Crippen molar-refractivity contribution in [2.24, 2.45) is 0 Å². The number of thiocarbonyl (C=S) groups is 1. The maximum atomic E-state index is 13.8. The molecular weight excluding hydrogens is 397 g/mol. The van der Waals surface area contributed by atoms with E-state index in [1.807, 2.05) is 17.0 Å². The molecular formula is C20H24FN3O2S2. The first-order valence-electron chi connectivity index (χ1n) is 9.19. The second-order valence-corrected chi connectivity index (χ2v) is 9.35. The highest BCUT2D eigenvalue weighted by molar-refractivity contribution is 7.89. The van der Waals surface area contributed by atoms with Gasteiger partial charge in [0.1, 0.15) is 5.82 Å². The number of hydrogen-bond acceptors (Lipinski definition) is 3. The molecule has 1 aliphatic rings. The third-order valence-electron chi connectivity index (χ3n) is 4.83.